The van der Waals surface area contributed by atoms with Gasteiger partial charge in [0.1, 0.15) is 16.9 Å². The fraction of sp³-hybridized carbons (Fsp3) is 0.0769. The predicted molar refractivity (Wildman–Crippen MR) is 132 cm³/mol. The number of hydrogen-bond acceptors (Lipinski definition) is 6. The number of nitrogens with one attached hydrogen (secondary N) is 2. The second-order valence-electron chi connectivity index (χ2n) is 7.24. The molecule has 2 aromatic carbocycles. The van der Waals surface area contributed by atoms with Gasteiger partial charge in [0.2, 0.25) is 5.91 Å². The second kappa shape index (κ2) is 10.5. The number of nitrogens with zero attached hydrogens (tertiary/aromatic N) is 2. The normalized spacial score (nSPS) is 10.4. The van der Waals surface area contributed by atoms with Gasteiger partial charge in [0.15, 0.2) is 0 Å². The lowest BCUT2D eigenvalue weighted by atomic mass is 9.99. The molecular formula is C26H20N4O3S. The maximum absolute atomic E-state index is 13.2. The zero-order chi connectivity index (χ0) is 23.9. The zero-order valence-corrected chi connectivity index (χ0v) is 19.1. The summed E-state index contributed by atoms with van der Waals surface area (Å²) in [7, 11) is 0. The summed E-state index contributed by atoms with van der Waals surface area (Å²) in [5.41, 5.74) is 2.49. The van der Waals surface area contributed by atoms with Gasteiger partial charge in [-0.05, 0) is 43.3 Å². The average Bonchev–Trinajstić information content (AvgIpc) is 3.38. The van der Waals surface area contributed by atoms with Crippen LogP contribution in [0.1, 0.15) is 21.6 Å². The van der Waals surface area contributed by atoms with Gasteiger partial charge in [0.05, 0.1) is 34.4 Å². The predicted octanol–water partition coefficient (Wildman–Crippen LogP) is 5.50. The quantitative estimate of drug-likeness (QED) is 0.347. The number of pyridine rings is 1. The molecule has 0 fully saturated rings. The van der Waals surface area contributed by atoms with E-state index in [1.807, 2.05) is 36.4 Å². The first-order valence-electron chi connectivity index (χ1n) is 10.4. The molecule has 0 spiro atoms. The molecule has 0 aliphatic heterocycles. The maximum Gasteiger partial charge on any atom is 0.258 e. The van der Waals surface area contributed by atoms with E-state index in [2.05, 4.69) is 21.7 Å². The molecule has 7 nitrogen and oxygen atoms in total. The van der Waals surface area contributed by atoms with E-state index in [1.165, 1.54) is 6.26 Å². The van der Waals surface area contributed by atoms with Gasteiger partial charge in [0, 0.05) is 11.4 Å². The molecule has 4 rings (SSSR count). The van der Waals surface area contributed by atoms with E-state index >= 15 is 0 Å². The topological polar surface area (TPSA) is 108 Å². The van der Waals surface area contributed by atoms with Crippen LogP contribution in [-0.2, 0) is 4.79 Å². The van der Waals surface area contributed by atoms with Crippen LogP contribution in [0.5, 0.6) is 0 Å². The van der Waals surface area contributed by atoms with Gasteiger partial charge in [0.25, 0.3) is 5.91 Å². The number of anilines is 2. The number of furan rings is 1. The average molecular weight is 469 g/mol. The van der Waals surface area contributed by atoms with Crippen LogP contribution < -0.4 is 10.6 Å². The summed E-state index contributed by atoms with van der Waals surface area (Å²) < 4.78 is 5.57. The largest absolute Gasteiger partial charge is 0.464 e. The summed E-state index contributed by atoms with van der Waals surface area (Å²) in [5.74, 6) is -0.221. The molecule has 2 heterocycles. The Kier molecular flexibility index (Phi) is 7.06. The van der Waals surface area contributed by atoms with Crippen molar-refractivity contribution >= 4 is 35.0 Å². The summed E-state index contributed by atoms with van der Waals surface area (Å²) in [5, 5.41) is 16.0. The Morgan fingerprint density at radius 3 is 2.21 bits per heavy atom. The van der Waals surface area contributed by atoms with Crippen molar-refractivity contribution in [2.45, 2.75) is 11.9 Å². The molecule has 0 saturated carbocycles. The van der Waals surface area contributed by atoms with Crippen LogP contribution in [0.15, 0.2) is 88.5 Å². The number of thioether (sulfide) groups is 1. The van der Waals surface area contributed by atoms with Crippen LogP contribution in [0.4, 0.5) is 11.4 Å². The van der Waals surface area contributed by atoms with Crippen molar-refractivity contribution in [1.82, 2.24) is 4.98 Å². The van der Waals surface area contributed by atoms with Gasteiger partial charge in [-0.2, -0.15) is 5.26 Å². The third-order valence-electron chi connectivity index (χ3n) is 4.88. The Bertz CT molecular complexity index is 1350. The van der Waals surface area contributed by atoms with Crippen molar-refractivity contribution in [2.24, 2.45) is 0 Å². The minimum absolute atomic E-state index is 0.0448. The van der Waals surface area contributed by atoms with Gasteiger partial charge in [-0.25, -0.2) is 4.98 Å². The van der Waals surface area contributed by atoms with Crippen LogP contribution >= 0.6 is 11.8 Å². The molecule has 0 bridgehead atoms. The Morgan fingerprint density at radius 2 is 1.62 bits per heavy atom. The van der Waals surface area contributed by atoms with Crippen LogP contribution in [-0.4, -0.2) is 22.6 Å². The highest BCUT2D eigenvalue weighted by Gasteiger charge is 2.26. The molecule has 2 aromatic heterocycles. The van der Waals surface area contributed by atoms with E-state index in [4.69, 9.17) is 4.42 Å². The van der Waals surface area contributed by atoms with Gasteiger partial charge >= 0.3 is 0 Å². The first-order valence-corrected chi connectivity index (χ1v) is 11.4. The van der Waals surface area contributed by atoms with Gasteiger partial charge in [-0.15, -0.1) is 0 Å². The van der Waals surface area contributed by atoms with Gasteiger partial charge in [-0.1, -0.05) is 48.2 Å². The van der Waals surface area contributed by atoms with Gasteiger partial charge < -0.3 is 15.1 Å². The van der Waals surface area contributed by atoms with Crippen LogP contribution in [0.3, 0.4) is 0 Å². The lowest BCUT2D eigenvalue weighted by molar-refractivity contribution is -0.113. The molecule has 0 unspecified atom stereocenters. The lowest BCUT2D eigenvalue weighted by Crippen LogP contribution is -2.18. The monoisotopic (exact) mass is 468 g/mol. The molecule has 34 heavy (non-hydrogen) atoms. The summed E-state index contributed by atoms with van der Waals surface area (Å²) in [6, 6.07) is 23.7. The number of aromatic nitrogens is 1. The number of amides is 2. The van der Waals surface area contributed by atoms with Crippen molar-refractivity contribution in [1.29, 1.82) is 5.26 Å². The highest BCUT2D eigenvalue weighted by atomic mass is 32.2. The number of carbonyl (C=O) groups excluding carboxylic acids is 2. The van der Waals surface area contributed by atoms with Crippen LogP contribution in [0.25, 0.3) is 11.3 Å². The van der Waals surface area contributed by atoms with Crippen LogP contribution in [0.2, 0.25) is 0 Å². The van der Waals surface area contributed by atoms with E-state index < -0.39 is 5.91 Å². The third kappa shape index (κ3) is 5.17. The van der Waals surface area contributed by atoms with Crippen molar-refractivity contribution < 1.29 is 14.0 Å². The molecule has 0 atom stereocenters. The highest BCUT2D eigenvalue weighted by Crippen LogP contribution is 2.35. The summed E-state index contributed by atoms with van der Waals surface area (Å²) in [6.45, 7) is 1.70. The summed E-state index contributed by atoms with van der Waals surface area (Å²) in [6.07, 6.45) is 1.48. The molecule has 2 N–H and O–H groups in total. The Labute approximate surface area is 200 Å². The first-order chi connectivity index (χ1) is 16.6. The van der Waals surface area contributed by atoms with E-state index in [0.29, 0.717) is 33.4 Å². The second-order valence-corrected chi connectivity index (χ2v) is 8.20. The molecular weight excluding hydrogens is 448 g/mol. The molecule has 0 aliphatic rings. The highest BCUT2D eigenvalue weighted by molar-refractivity contribution is 8.00. The van der Waals surface area contributed by atoms with E-state index in [-0.39, 0.29) is 22.8 Å². The van der Waals surface area contributed by atoms with Crippen LogP contribution in [0, 0.1) is 18.3 Å². The number of carbonyl (C=O) groups is 2. The summed E-state index contributed by atoms with van der Waals surface area (Å²) in [4.78, 5) is 30.2. The number of aryl methyl sites for hydroxylation is 1. The zero-order valence-electron chi connectivity index (χ0n) is 18.2. The fourth-order valence-electron chi connectivity index (χ4n) is 3.40. The number of para-hydroxylation sites is 2. The number of nitriles is 1. The standard InChI is InChI=1S/C26H20N4O3S/c1-17-23(25(32)30-19-11-6-3-7-12-19)24(21-13-8-14-33-21)20(15-27)26(28-17)34-16-22(31)29-18-9-4-2-5-10-18/h2-14H,16H2,1H3,(H,29,31)(H,30,32). The number of rotatable bonds is 7. The molecule has 0 saturated heterocycles. The molecule has 168 valence electrons. The minimum Gasteiger partial charge on any atom is -0.464 e. The number of hydrogen-bond donors (Lipinski definition) is 2. The molecule has 0 aliphatic carbocycles. The van der Waals surface area contributed by atoms with E-state index in [0.717, 1.165) is 11.8 Å². The third-order valence-corrected chi connectivity index (χ3v) is 5.86. The smallest absolute Gasteiger partial charge is 0.258 e. The van der Waals surface area contributed by atoms with Gasteiger partial charge in [-0.3, -0.25) is 9.59 Å². The minimum atomic E-state index is -0.405. The fourth-order valence-corrected chi connectivity index (χ4v) is 4.23. The molecule has 0 radical (unpaired) electrons. The lowest BCUT2D eigenvalue weighted by Gasteiger charge is -2.15. The Balaban J connectivity index is 1.67. The SMILES string of the molecule is Cc1nc(SCC(=O)Nc2ccccc2)c(C#N)c(-c2ccco2)c1C(=O)Nc1ccccc1. The van der Waals surface area contributed by atoms with Crippen molar-refractivity contribution in [3.8, 4) is 17.4 Å². The molecule has 2 amide bonds. The molecule has 8 heteroatoms. The maximum atomic E-state index is 13.2. The van der Waals surface area contributed by atoms with Crippen molar-refractivity contribution in [3.05, 3.63) is 95.9 Å². The van der Waals surface area contributed by atoms with Crippen molar-refractivity contribution in [2.75, 3.05) is 16.4 Å². The Morgan fingerprint density at radius 1 is 0.971 bits per heavy atom. The summed E-state index contributed by atoms with van der Waals surface area (Å²) >= 11 is 1.13. The number of benzene rings is 2. The first kappa shape index (κ1) is 22.8. The Hall–Kier alpha value is -4.35. The van der Waals surface area contributed by atoms with E-state index in [9.17, 15) is 14.9 Å². The molecule has 4 aromatic rings. The van der Waals surface area contributed by atoms with Crippen molar-refractivity contribution in [3.63, 3.8) is 0 Å². The van der Waals surface area contributed by atoms with E-state index in [1.54, 1.807) is 43.3 Å².